The zero-order valence-corrected chi connectivity index (χ0v) is 27.8. The molecule has 5 rings (SSSR count). The Hall–Kier alpha value is -4.11. The van der Waals surface area contributed by atoms with Crippen LogP contribution in [0.2, 0.25) is 0 Å². The lowest BCUT2D eigenvalue weighted by molar-refractivity contribution is -0.205. The van der Waals surface area contributed by atoms with Crippen LogP contribution in [0.4, 0.5) is 0 Å². The Labute approximate surface area is 274 Å². The molecule has 0 spiro atoms. The van der Waals surface area contributed by atoms with E-state index < -0.39 is 69.0 Å². The van der Waals surface area contributed by atoms with E-state index in [1.54, 1.807) is 51.1 Å². The number of carbonyl (C=O) groups is 7. The van der Waals surface area contributed by atoms with Gasteiger partial charge in [-0.25, -0.2) is 0 Å². The van der Waals surface area contributed by atoms with Crippen LogP contribution in [0.15, 0.2) is 36.4 Å². The van der Waals surface area contributed by atoms with Crippen LogP contribution in [0, 0.1) is 34.5 Å². The minimum atomic E-state index is -2.76. The van der Waals surface area contributed by atoms with Gasteiger partial charge in [0.1, 0.15) is 23.2 Å². The number of hydrogen-bond acceptors (Lipinski definition) is 9. The predicted molar refractivity (Wildman–Crippen MR) is 172 cm³/mol. The van der Waals surface area contributed by atoms with Crippen LogP contribution in [-0.4, -0.2) is 56.3 Å². The predicted octanol–water partition coefficient (Wildman–Crippen LogP) is 5.09. The topological polar surface area (TPSA) is 160 Å². The SMILES string of the molecule is CCCC(=O)CCC(=O)c1cccc(-c2ccc(O)c3c2C[C@]2(C)C[C@]4(C)C(C(C)C)C(=O)C(C(C)=O)C(=O)[C@]4(O)C(=O)C2C3=O)c1. The summed E-state index contributed by atoms with van der Waals surface area (Å²) in [6.45, 7) is 9.73. The van der Waals surface area contributed by atoms with Crippen LogP contribution in [0.3, 0.4) is 0 Å². The van der Waals surface area contributed by atoms with E-state index in [1.165, 1.54) is 13.0 Å². The zero-order valence-electron chi connectivity index (χ0n) is 27.8. The van der Waals surface area contributed by atoms with Crippen molar-refractivity contribution in [3.8, 4) is 16.9 Å². The van der Waals surface area contributed by atoms with Crippen molar-refractivity contribution in [1.29, 1.82) is 0 Å². The summed E-state index contributed by atoms with van der Waals surface area (Å²) in [7, 11) is 0. The van der Waals surface area contributed by atoms with E-state index in [1.807, 2.05) is 6.92 Å². The molecule has 3 aliphatic carbocycles. The normalized spacial score (nSPS) is 30.1. The van der Waals surface area contributed by atoms with Gasteiger partial charge in [0.25, 0.3) is 0 Å². The number of aliphatic hydroxyl groups is 1. The number of aromatic hydroxyl groups is 1. The first-order valence-corrected chi connectivity index (χ1v) is 16.3. The van der Waals surface area contributed by atoms with E-state index in [0.717, 1.165) is 6.92 Å². The summed E-state index contributed by atoms with van der Waals surface area (Å²) in [5.74, 6) is -9.70. The third-order valence-electron chi connectivity index (χ3n) is 10.9. The molecule has 0 saturated heterocycles. The lowest BCUT2D eigenvalue weighted by Gasteiger charge is -2.61. The van der Waals surface area contributed by atoms with Crippen molar-refractivity contribution in [3.63, 3.8) is 0 Å². The number of benzene rings is 2. The second kappa shape index (κ2) is 11.8. The van der Waals surface area contributed by atoms with Crippen molar-refractivity contribution in [1.82, 2.24) is 0 Å². The molecule has 248 valence electrons. The maximum Gasteiger partial charge on any atom is 0.190 e. The summed E-state index contributed by atoms with van der Waals surface area (Å²) < 4.78 is 0. The van der Waals surface area contributed by atoms with Crippen LogP contribution in [0.1, 0.15) is 99.9 Å². The van der Waals surface area contributed by atoms with E-state index in [9.17, 15) is 43.8 Å². The summed E-state index contributed by atoms with van der Waals surface area (Å²) in [4.78, 5) is 94.0. The van der Waals surface area contributed by atoms with Gasteiger partial charge < -0.3 is 10.2 Å². The van der Waals surface area contributed by atoms with Gasteiger partial charge in [0.05, 0.1) is 11.5 Å². The van der Waals surface area contributed by atoms with Crippen molar-refractivity contribution in [2.24, 2.45) is 34.5 Å². The second-order valence-corrected chi connectivity index (χ2v) is 14.6. The first kappa shape index (κ1) is 34.2. The molecule has 0 radical (unpaired) electrons. The van der Waals surface area contributed by atoms with Crippen LogP contribution in [-0.2, 0) is 30.4 Å². The van der Waals surface area contributed by atoms with Gasteiger partial charge >= 0.3 is 0 Å². The number of carbonyl (C=O) groups excluding carboxylic acids is 7. The zero-order chi connectivity index (χ0) is 34.8. The molecule has 0 aromatic heterocycles. The molecule has 2 saturated carbocycles. The molecule has 2 fully saturated rings. The van der Waals surface area contributed by atoms with Crippen LogP contribution >= 0.6 is 0 Å². The first-order chi connectivity index (χ1) is 21.9. The third kappa shape index (κ3) is 5.05. The van der Waals surface area contributed by atoms with Gasteiger partial charge in [-0.15, -0.1) is 0 Å². The number of phenolic OH excluding ortho intramolecular Hbond substituents is 1. The lowest BCUT2D eigenvalue weighted by atomic mass is 9.40. The molecule has 0 aliphatic heterocycles. The largest absolute Gasteiger partial charge is 0.507 e. The van der Waals surface area contributed by atoms with Crippen LogP contribution < -0.4 is 0 Å². The van der Waals surface area contributed by atoms with Gasteiger partial charge in [0, 0.05) is 36.2 Å². The fraction of sp³-hybridized carbons (Fsp3) is 0.500. The number of hydrogen-bond donors (Lipinski definition) is 2. The van der Waals surface area contributed by atoms with E-state index in [0.29, 0.717) is 35.1 Å². The fourth-order valence-electron chi connectivity index (χ4n) is 9.07. The van der Waals surface area contributed by atoms with E-state index in [4.69, 9.17) is 0 Å². The lowest BCUT2D eigenvalue weighted by Crippen LogP contribution is -2.76. The standard InChI is InChI=1S/C38H42O9/c1-7-9-23(40)12-14-26(41)22-11-8-10-21(16-22)24-13-15-27(42)29-25(24)17-36(5)18-37(6)30(19(2)3)32(43)28(20(4)39)34(45)38(37,47)35(46)31(36)33(29)44/h8,10-11,13,15-16,19,28,30-31,42,47H,7,9,12,14,17-18H2,1-6H3/t28?,30?,31?,36-,37-,38+/m1/s1. The second-order valence-electron chi connectivity index (χ2n) is 14.6. The van der Waals surface area contributed by atoms with Crippen LogP contribution in [0.5, 0.6) is 5.75 Å². The van der Waals surface area contributed by atoms with Gasteiger partial charge in [-0.05, 0) is 66.3 Å². The summed E-state index contributed by atoms with van der Waals surface area (Å²) in [5.41, 5.74) is -3.64. The summed E-state index contributed by atoms with van der Waals surface area (Å²) in [6, 6.07) is 9.79. The van der Waals surface area contributed by atoms with E-state index in [2.05, 4.69) is 0 Å². The maximum absolute atomic E-state index is 14.5. The Morgan fingerprint density at radius 2 is 1.64 bits per heavy atom. The molecule has 2 N–H and O–H groups in total. The van der Waals surface area contributed by atoms with Crippen LogP contribution in [0.25, 0.3) is 11.1 Å². The highest BCUT2D eigenvalue weighted by molar-refractivity contribution is 6.32. The molecule has 6 atom stereocenters. The average molecular weight is 643 g/mol. The first-order valence-electron chi connectivity index (χ1n) is 16.3. The van der Waals surface area contributed by atoms with Crippen molar-refractivity contribution in [3.05, 3.63) is 53.1 Å². The molecule has 0 bridgehead atoms. The molecular formula is C38H42O9. The molecule has 2 aromatic carbocycles. The van der Waals surface area contributed by atoms with Crippen molar-refractivity contribution >= 4 is 40.5 Å². The van der Waals surface area contributed by atoms with E-state index in [-0.39, 0.29) is 48.6 Å². The molecule has 2 aromatic rings. The highest BCUT2D eigenvalue weighted by Gasteiger charge is 2.76. The molecule has 3 aliphatic rings. The van der Waals surface area contributed by atoms with Gasteiger partial charge in [-0.3, -0.25) is 33.6 Å². The van der Waals surface area contributed by atoms with Crippen molar-refractivity contribution < 1.29 is 43.8 Å². The fourth-order valence-corrected chi connectivity index (χ4v) is 9.07. The van der Waals surface area contributed by atoms with Crippen molar-refractivity contribution in [2.75, 3.05) is 0 Å². The minimum absolute atomic E-state index is 0.0198. The van der Waals surface area contributed by atoms with Gasteiger partial charge in [0.2, 0.25) is 0 Å². The third-order valence-corrected chi connectivity index (χ3v) is 10.9. The van der Waals surface area contributed by atoms with Gasteiger partial charge in [-0.2, -0.15) is 0 Å². The Balaban J connectivity index is 1.62. The highest BCUT2D eigenvalue weighted by atomic mass is 16.3. The minimum Gasteiger partial charge on any atom is -0.507 e. The Morgan fingerprint density at radius 3 is 2.26 bits per heavy atom. The van der Waals surface area contributed by atoms with Gasteiger partial charge in [0.15, 0.2) is 34.5 Å². The number of rotatable bonds is 9. The number of phenols is 1. The molecule has 0 amide bonds. The van der Waals surface area contributed by atoms with Gasteiger partial charge in [-0.1, -0.05) is 58.9 Å². The van der Waals surface area contributed by atoms with Crippen molar-refractivity contribution in [2.45, 2.75) is 85.7 Å². The molecule has 0 heterocycles. The molecule has 9 heteroatoms. The maximum atomic E-state index is 14.5. The summed E-state index contributed by atoms with van der Waals surface area (Å²) in [6.07, 6.45) is 1.37. The quantitative estimate of drug-likeness (QED) is 0.280. The number of ketones is 7. The smallest absolute Gasteiger partial charge is 0.190 e. The highest BCUT2D eigenvalue weighted by Crippen LogP contribution is 2.64. The summed E-state index contributed by atoms with van der Waals surface area (Å²) in [5, 5.41) is 23.2. The summed E-state index contributed by atoms with van der Waals surface area (Å²) >= 11 is 0. The Bertz CT molecular complexity index is 1750. The Morgan fingerprint density at radius 1 is 0.957 bits per heavy atom. The molecule has 3 unspecified atom stereocenters. The Kier molecular flexibility index (Phi) is 8.63. The number of fused-ring (bicyclic) bond motifs is 3. The monoisotopic (exact) mass is 642 g/mol. The average Bonchev–Trinajstić information content (AvgIpc) is 2.97. The number of Topliss-reactive ketones (excluding diaryl/α,β-unsaturated/α-hetero) is 7. The van der Waals surface area contributed by atoms with E-state index >= 15 is 0 Å². The molecule has 9 nitrogen and oxygen atoms in total. The molecular weight excluding hydrogens is 600 g/mol. The molecule has 47 heavy (non-hydrogen) atoms.